The first kappa shape index (κ1) is 70.8. The first-order chi connectivity index (χ1) is 49.0. The summed E-state index contributed by atoms with van der Waals surface area (Å²) in [6.07, 6.45) is 12.6. The molecule has 4 aliphatic rings. The molecule has 0 saturated heterocycles. The maximum absolute atomic E-state index is 9.73. The summed E-state index contributed by atoms with van der Waals surface area (Å²) in [7, 11) is 0. The lowest BCUT2D eigenvalue weighted by atomic mass is 9.80. The third-order valence-corrected chi connectivity index (χ3v) is 19.0. The van der Waals surface area contributed by atoms with Gasteiger partial charge in [-0.2, -0.15) is 35.9 Å². The Morgan fingerprint density at radius 3 is 1.43 bits per heavy atom. The standard InChI is InChI=1S/C19H17BrN6O.C18H18ClN5O.C18H17N7O2.C16H16ClN5.ClH/c1-3-5-14-16(19-26-24-10(2)27-19)15(13-9-22-25-18(13)23-14)12-7-4-6-11(8-21)17(12)20;1-3-6-14-16(18-21-10(2)25-24-18)15(11-7-4-5-8-13(11)19)12-9-20-23-17(12)22-14;1-3-5-12-15(18-23-21-9(2)26-18)14(11-8-19-22-17(11)20-12)10-6-4-7-13-16(10)25-27-24-13;1-16(2,19)14-10(7-18)13(9-5-3-4-6-12(9)17)11-8-20-22-15(11)21-14;/h4,6-7,9,15H,3,5H2,1-2H3,(H2,22,23,25);4-5,7-9,15H,3,6H2,1-2H3,(H2,20,22,23);4,6-8,14H,3,5H2,1-2H3,(H2,19,20,22);3-6,8,13H,19H2,1-2H3,(H2,20,21,22);1H. The first-order valence-corrected chi connectivity index (χ1v) is 34.2. The minimum atomic E-state index is -0.687. The average molecular weight is 1490 g/mol. The van der Waals surface area contributed by atoms with Crippen molar-refractivity contribution in [1.29, 1.82) is 10.5 Å². The topological polar surface area (TPSA) is 392 Å². The second-order valence-corrected chi connectivity index (χ2v) is 26.4. The molecule has 4 aromatic carbocycles. The Bertz CT molecular complexity index is 5260. The highest BCUT2D eigenvalue weighted by Gasteiger charge is 2.40. The number of hydrogen-bond acceptors (Lipinski definition) is 23. The molecule has 12 aromatic rings. The molecule has 27 nitrogen and oxygen atoms in total. The number of aromatic amines is 4. The normalized spacial score (nSPS) is 16.5. The van der Waals surface area contributed by atoms with E-state index in [4.69, 9.17) is 46.9 Å². The van der Waals surface area contributed by atoms with Crippen LogP contribution in [0.25, 0.3) is 27.8 Å². The third kappa shape index (κ3) is 13.9. The number of rotatable bonds is 14. The van der Waals surface area contributed by atoms with Crippen molar-refractivity contribution in [2.45, 2.75) is 123 Å². The van der Waals surface area contributed by atoms with Gasteiger partial charge in [-0.1, -0.05) is 129 Å². The van der Waals surface area contributed by atoms with Crippen LogP contribution in [0.2, 0.25) is 10.0 Å². The number of anilines is 4. The van der Waals surface area contributed by atoms with Crippen LogP contribution in [0.3, 0.4) is 0 Å². The van der Waals surface area contributed by atoms with Crippen LogP contribution in [-0.2, 0) is 0 Å². The summed E-state index contributed by atoms with van der Waals surface area (Å²) in [5.41, 5.74) is 22.4. The highest BCUT2D eigenvalue weighted by atomic mass is 79.9. The van der Waals surface area contributed by atoms with Crippen molar-refractivity contribution in [2.75, 3.05) is 21.3 Å². The van der Waals surface area contributed by atoms with E-state index in [2.05, 4.69) is 152 Å². The number of nitrogens with one attached hydrogen (secondary N) is 8. The molecule has 31 heteroatoms. The first-order valence-electron chi connectivity index (χ1n) is 32.7. The van der Waals surface area contributed by atoms with Gasteiger partial charge in [-0.25, -0.2) is 4.63 Å². The highest BCUT2D eigenvalue weighted by molar-refractivity contribution is 9.10. The molecule has 0 fully saturated rings. The summed E-state index contributed by atoms with van der Waals surface area (Å²) in [5.74, 6) is 5.70. The molecule has 4 unspecified atom stereocenters. The van der Waals surface area contributed by atoms with Crippen LogP contribution in [0, 0.1) is 43.4 Å². The molecule has 0 saturated carbocycles. The number of allylic oxidation sites excluding steroid dienone is 7. The summed E-state index contributed by atoms with van der Waals surface area (Å²) in [4.78, 5) is 4.48. The lowest BCUT2D eigenvalue weighted by Crippen LogP contribution is -2.40. The van der Waals surface area contributed by atoms with Crippen molar-refractivity contribution >= 4 is 103 Å². The molecule has 0 radical (unpaired) electrons. The maximum atomic E-state index is 9.73. The molecule has 0 spiro atoms. The number of benzene rings is 4. The number of halogens is 4. The van der Waals surface area contributed by atoms with E-state index in [1.165, 1.54) is 0 Å². The molecule has 10 N–H and O–H groups in total. The number of fused-ring (bicyclic) bond motifs is 5. The van der Waals surface area contributed by atoms with Crippen molar-refractivity contribution in [3.8, 4) is 12.1 Å². The molecule has 4 aliphatic heterocycles. The summed E-state index contributed by atoms with van der Waals surface area (Å²) in [6, 6.07) is 31.4. The summed E-state index contributed by atoms with van der Waals surface area (Å²) >= 11 is 16.5. The Kier molecular flexibility index (Phi) is 21.1. The minimum absolute atomic E-state index is 0. The van der Waals surface area contributed by atoms with Gasteiger partial charge in [0.2, 0.25) is 35.3 Å². The van der Waals surface area contributed by atoms with Crippen molar-refractivity contribution in [1.82, 2.24) is 81.6 Å². The second-order valence-electron chi connectivity index (χ2n) is 24.8. The Balaban J connectivity index is 0.000000128. The van der Waals surface area contributed by atoms with E-state index in [-0.39, 0.29) is 36.1 Å². The molecule has 0 amide bonds. The number of hydrogen-bond donors (Lipinski definition) is 9. The zero-order valence-corrected chi connectivity index (χ0v) is 60.4. The smallest absolute Gasteiger partial charge is 0.246 e. The van der Waals surface area contributed by atoms with E-state index in [9.17, 15) is 10.5 Å². The van der Waals surface area contributed by atoms with Crippen molar-refractivity contribution in [2.24, 2.45) is 5.73 Å². The van der Waals surface area contributed by atoms with Crippen LogP contribution < -0.4 is 27.0 Å². The highest BCUT2D eigenvalue weighted by Crippen LogP contribution is 2.52. The van der Waals surface area contributed by atoms with E-state index < -0.39 is 5.54 Å². The van der Waals surface area contributed by atoms with Gasteiger partial charge in [0.25, 0.3) is 0 Å². The molecule has 0 aliphatic carbocycles. The molecule has 12 heterocycles. The fraction of sp³-hybridized carbons (Fsp3) is 0.268. The van der Waals surface area contributed by atoms with E-state index >= 15 is 0 Å². The van der Waals surface area contributed by atoms with Crippen molar-refractivity contribution < 1.29 is 18.0 Å². The van der Waals surface area contributed by atoms with Gasteiger partial charge in [0.1, 0.15) is 40.4 Å². The number of aromatic nitrogens is 16. The predicted octanol–water partition coefficient (Wildman–Crippen LogP) is 16.0. The fourth-order valence-electron chi connectivity index (χ4n) is 13.2. The van der Waals surface area contributed by atoms with Crippen LogP contribution in [0.5, 0.6) is 0 Å². The molecule has 4 atom stereocenters. The minimum Gasteiger partial charge on any atom is -0.421 e. The van der Waals surface area contributed by atoms with Gasteiger partial charge >= 0.3 is 0 Å². The Morgan fingerprint density at radius 1 is 0.520 bits per heavy atom. The summed E-state index contributed by atoms with van der Waals surface area (Å²) in [5, 5.41) is 91.8. The van der Waals surface area contributed by atoms with Gasteiger partial charge in [0, 0.05) is 109 Å². The SMILES string of the molecule is CC(C)(N)C1=C(C#N)C(c2ccccc2Cl)c2cn[nH]c2N1.CCCC1=C(c2nnc(C)o2)C(c2cccc(C#N)c2Br)c2cn[nH]c2N1.CCCC1=C(c2nnc(C)o2)C(c2cccc3nonc23)c2cn[nH]c2N1.CCCC1=C(c2noc(C)n2)C(c2ccccc2Cl)c2cn[nH]c2N1.Cl. The van der Waals surface area contributed by atoms with Gasteiger partial charge in [0.15, 0.2) is 0 Å². The van der Waals surface area contributed by atoms with Gasteiger partial charge in [-0.05, 0) is 106 Å². The zero-order chi connectivity index (χ0) is 70.6. The monoisotopic (exact) mass is 1490 g/mol. The molecule has 102 heavy (non-hydrogen) atoms. The molecule has 16 rings (SSSR count). The number of nitrogens with zero attached hydrogens (tertiary/aromatic N) is 14. The number of H-pyrrole nitrogens is 4. The molecular formula is C71H69BrCl3N23O4. The van der Waals surface area contributed by atoms with E-state index in [0.717, 1.165) is 145 Å². The lowest BCUT2D eigenvalue weighted by Gasteiger charge is -2.33. The van der Waals surface area contributed by atoms with Crippen LogP contribution in [0.4, 0.5) is 23.3 Å². The van der Waals surface area contributed by atoms with Crippen molar-refractivity contribution in [3.05, 3.63) is 238 Å². The van der Waals surface area contributed by atoms with Crippen molar-refractivity contribution in [3.63, 3.8) is 0 Å². The van der Waals surface area contributed by atoms with E-state index in [1.807, 2.05) is 105 Å². The zero-order valence-electron chi connectivity index (χ0n) is 56.5. The largest absolute Gasteiger partial charge is 0.421 e. The van der Waals surface area contributed by atoms with Gasteiger partial charge in [-0.15, -0.1) is 32.8 Å². The molecule has 0 bridgehead atoms. The predicted molar refractivity (Wildman–Crippen MR) is 391 cm³/mol. The van der Waals surface area contributed by atoms with E-state index in [1.54, 1.807) is 39.2 Å². The number of nitrogens with two attached hydrogens (primary N) is 1. The van der Waals surface area contributed by atoms with Gasteiger partial charge in [0.05, 0.1) is 59.1 Å². The van der Waals surface area contributed by atoms with Crippen LogP contribution in [0.15, 0.2) is 161 Å². The van der Waals surface area contributed by atoms with Crippen LogP contribution in [-0.4, -0.2) is 87.2 Å². The maximum Gasteiger partial charge on any atom is 0.246 e. The molecule has 8 aromatic heterocycles. The Morgan fingerprint density at radius 2 is 0.971 bits per heavy atom. The Hall–Kier alpha value is -11.0. The Labute approximate surface area is 609 Å². The second kappa shape index (κ2) is 30.4. The molecular weight excluding hydrogens is 1430 g/mol. The summed E-state index contributed by atoms with van der Waals surface area (Å²) < 4.78 is 22.6. The average Bonchev–Trinajstić information content (AvgIpc) is 1.44. The summed E-state index contributed by atoms with van der Waals surface area (Å²) in [6.45, 7) is 15.5. The molecule has 520 valence electrons. The number of aryl methyl sites for hydroxylation is 3. The van der Waals surface area contributed by atoms with Crippen LogP contribution in [0.1, 0.15) is 182 Å². The number of nitriles is 2. The third-order valence-electron chi connectivity index (χ3n) is 17.5. The quantitative estimate of drug-likeness (QED) is 0.0488. The van der Waals surface area contributed by atoms with Gasteiger partial charge < -0.3 is 40.4 Å². The lowest BCUT2D eigenvalue weighted by molar-refractivity contribution is 0.315. The van der Waals surface area contributed by atoms with Crippen LogP contribution >= 0.6 is 51.5 Å². The fourth-order valence-corrected chi connectivity index (χ4v) is 14.3. The van der Waals surface area contributed by atoms with Gasteiger partial charge in [-0.3, -0.25) is 20.4 Å². The van der Waals surface area contributed by atoms with E-state index in [0.29, 0.717) is 73.2 Å².